The van der Waals surface area contributed by atoms with Gasteiger partial charge in [-0.1, -0.05) is 0 Å². The highest BCUT2D eigenvalue weighted by Crippen LogP contribution is 2.40. The van der Waals surface area contributed by atoms with Gasteiger partial charge >= 0.3 is 17.6 Å². The lowest BCUT2D eigenvalue weighted by Gasteiger charge is -2.31. The van der Waals surface area contributed by atoms with Crippen LogP contribution in [0, 0.1) is 0 Å². The van der Waals surface area contributed by atoms with Crippen molar-refractivity contribution in [2.45, 2.75) is 44.8 Å². The highest BCUT2D eigenvalue weighted by molar-refractivity contribution is 5.87. The first-order valence-corrected chi connectivity index (χ1v) is 7.58. The van der Waals surface area contributed by atoms with E-state index in [0.717, 1.165) is 37.6 Å². The van der Waals surface area contributed by atoms with E-state index in [1.165, 1.54) is 0 Å². The molecule has 1 aliphatic rings. The number of nitrogens with one attached hydrogen (secondary N) is 1. The van der Waals surface area contributed by atoms with Crippen molar-refractivity contribution in [3.8, 4) is 0 Å². The molecule has 0 saturated carbocycles. The van der Waals surface area contributed by atoms with E-state index in [4.69, 9.17) is 14.2 Å². The fourth-order valence-electron chi connectivity index (χ4n) is 2.70. The molecule has 0 amide bonds. The zero-order valence-electron chi connectivity index (χ0n) is 14.3. The van der Waals surface area contributed by atoms with Gasteiger partial charge in [-0.25, -0.2) is 4.79 Å². The van der Waals surface area contributed by atoms with Gasteiger partial charge in [0.15, 0.2) is 18.1 Å². The van der Waals surface area contributed by atoms with Crippen LogP contribution in [0.1, 0.15) is 27.0 Å². The number of aromatic nitrogens is 2. The summed E-state index contributed by atoms with van der Waals surface area (Å²) in [5.74, 6) is -2.33. The Hall–Kier alpha value is -2.79. The van der Waals surface area contributed by atoms with Crippen LogP contribution in [0.2, 0.25) is 0 Å². The largest absolute Gasteiger partial charge is 0.463 e. The number of carbonyl (C=O) groups is 3. The number of rotatable bonds is 5. The summed E-state index contributed by atoms with van der Waals surface area (Å²) in [5.41, 5.74) is -4.08. The molecule has 1 aliphatic heterocycles. The van der Waals surface area contributed by atoms with Gasteiger partial charge in [-0.15, -0.1) is 0 Å². The molecule has 2 heterocycles. The third-order valence-corrected chi connectivity index (χ3v) is 3.86. The summed E-state index contributed by atoms with van der Waals surface area (Å²) in [6.45, 7) is 2.79. The molecule has 0 bridgehead atoms. The van der Waals surface area contributed by atoms with Gasteiger partial charge in [0, 0.05) is 26.1 Å². The zero-order chi connectivity index (χ0) is 19.6. The fraction of sp³-hybridized carbons (Fsp3) is 0.533. The fourth-order valence-corrected chi connectivity index (χ4v) is 2.70. The average Bonchev–Trinajstić information content (AvgIpc) is 2.79. The third kappa shape index (κ3) is 3.58. The lowest BCUT2D eigenvalue weighted by atomic mass is 9.89. The minimum Gasteiger partial charge on any atom is -0.463 e. The molecule has 0 aromatic carbocycles. The molecule has 11 nitrogen and oxygen atoms in total. The van der Waals surface area contributed by atoms with Crippen LogP contribution in [0.5, 0.6) is 0 Å². The van der Waals surface area contributed by atoms with Crippen molar-refractivity contribution >= 4 is 17.7 Å². The van der Waals surface area contributed by atoms with Crippen molar-refractivity contribution in [1.82, 2.24) is 9.55 Å². The van der Waals surface area contributed by atoms with Crippen LogP contribution >= 0.6 is 0 Å². The van der Waals surface area contributed by atoms with E-state index in [2.05, 4.69) is 0 Å². The Kier molecular flexibility index (Phi) is 5.42. The number of aliphatic hydroxyl groups is 1. The van der Waals surface area contributed by atoms with Gasteiger partial charge in [-0.3, -0.25) is 28.7 Å². The number of carbonyl (C=O) groups excluding carboxylic acids is 3. The first kappa shape index (κ1) is 19.5. The minimum absolute atomic E-state index is 0.433. The summed E-state index contributed by atoms with van der Waals surface area (Å²) in [4.78, 5) is 59.9. The summed E-state index contributed by atoms with van der Waals surface area (Å²) >= 11 is 0. The van der Waals surface area contributed by atoms with Crippen LogP contribution in [0.4, 0.5) is 0 Å². The second kappa shape index (κ2) is 7.22. The van der Waals surface area contributed by atoms with Crippen LogP contribution in [0.15, 0.2) is 21.9 Å². The monoisotopic (exact) mass is 370 g/mol. The molecule has 1 fully saturated rings. The van der Waals surface area contributed by atoms with E-state index >= 15 is 0 Å². The van der Waals surface area contributed by atoms with E-state index in [0.29, 0.717) is 0 Å². The zero-order valence-corrected chi connectivity index (χ0v) is 14.3. The van der Waals surface area contributed by atoms with Crippen molar-refractivity contribution < 1.29 is 33.7 Å². The number of nitrogens with zero attached hydrogens (tertiary/aromatic N) is 1. The van der Waals surface area contributed by atoms with Crippen LogP contribution in [-0.4, -0.2) is 56.8 Å². The number of H-pyrrole nitrogens is 1. The molecule has 1 aromatic heterocycles. The lowest BCUT2D eigenvalue weighted by molar-refractivity contribution is -0.171. The highest BCUT2D eigenvalue weighted by atomic mass is 16.6. The summed E-state index contributed by atoms with van der Waals surface area (Å²) in [7, 11) is 0. The van der Waals surface area contributed by atoms with Crippen LogP contribution in [-0.2, 0) is 28.6 Å². The van der Waals surface area contributed by atoms with Gasteiger partial charge in [0.1, 0.15) is 12.7 Å². The van der Waals surface area contributed by atoms with Gasteiger partial charge in [-0.05, 0) is 6.92 Å². The normalized spacial score (nSPS) is 27.8. The molecule has 0 unspecified atom stereocenters. The van der Waals surface area contributed by atoms with Gasteiger partial charge in [-0.2, -0.15) is 0 Å². The van der Waals surface area contributed by atoms with Gasteiger partial charge in [0.25, 0.3) is 5.56 Å². The highest BCUT2D eigenvalue weighted by Gasteiger charge is 2.62. The Morgan fingerprint density at radius 3 is 2.42 bits per heavy atom. The molecule has 26 heavy (non-hydrogen) atoms. The molecule has 2 rings (SSSR count). The Morgan fingerprint density at radius 1 is 1.27 bits per heavy atom. The Labute approximate surface area is 146 Å². The molecule has 0 spiro atoms. The van der Waals surface area contributed by atoms with Crippen LogP contribution in [0.25, 0.3) is 0 Å². The average molecular weight is 370 g/mol. The molecule has 1 aromatic rings. The molecular weight excluding hydrogens is 352 g/mol. The topological polar surface area (TPSA) is 154 Å². The number of Topliss-reactive ketones (excluding diaryl/α,β-unsaturated/α-hetero) is 1. The predicted octanol–water partition coefficient (Wildman–Crippen LogP) is -1.75. The van der Waals surface area contributed by atoms with E-state index < -0.39 is 59.6 Å². The van der Waals surface area contributed by atoms with Crippen molar-refractivity contribution in [3.05, 3.63) is 33.1 Å². The standard InChI is InChI=1S/C15H18N2O9/c1-7(18)15(23)12(25-9(3)20)10(6-24-8(2)19)26-13(15)17-5-4-11(21)16-14(17)22/h4-5,10,12-13,23H,6H2,1-3H3,(H,16,21,22)/t10-,12-,13-,15-/m1/s1. The maximum Gasteiger partial charge on any atom is 0.330 e. The molecular formula is C15H18N2O9. The summed E-state index contributed by atoms with van der Waals surface area (Å²) in [6, 6.07) is 0.992. The smallest absolute Gasteiger partial charge is 0.330 e. The first-order valence-electron chi connectivity index (χ1n) is 7.58. The lowest BCUT2D eigenvalue weighted by Crippen LogP contribution is -2.55. The summed E-state index contributed by atoms with van der Waals surface area (Å²) < 4.78 is 16.2. The quantitative estimate of drug-likeness (QED) is 0.574. The van der Waals surface area contributed by atoms with Crippen molar-refractivity contribution in [2.75, 3.05) is 6.61 Å². The van der Waals surface area contributed by atoms with Gasteiger partial charge in [0.2, 0.25) is 5.60 Å². The third-order valence-electron chi connectivity index (χ3n) is 3.86. The Bertz CT molecular complexity index is 842. The SMILES string of the molecule is CC(=O)OC[C@H]1O[C@@H](n2ccc(=O)[nH]c2=O)[C@@](O)(C(C)=O)[C@@H]1OC(C)=O. The molecule has 0 aliphatic carbocycles. The van der Waals surface area contributed by atoms with E-state index in [1.54, 1.807) is 0 Å². The number of ketones is 1. The molecule has 4 atom stereocenters. The molecule has 1 saturated heterocycles. The predicted molar refractivity (Wildman–Crippen MR) is 83.1 cm³/mol. The maximum absolute atomic E-state index is 12.2. The van der Waals surface area contributed by atoms with Crippen molar-refractivity contribution in [1.29, 1.82) is 0 Å². The second-order valence-electron chi connectivity index (χ2n) is 5.76. The number of hydrogen-bond acceptors (Lipinski definition) is 9. The molecule has 11 heteroatoms. The van der Waals surface area contributed by atoms with Crippen molar-refractivity contribution in [3.63, 3.8) is 0 Å². The first-order chi connectivity index (χ1) is 12.1. The second-order valence-corrected chi connectivity index (χ2v) is 5.76. The summed E-state index contributed by atoms with van der Waals surface area (Å²) in [6.07, 6.45) is -3.35. The Morgan fingerprint density at radius 2 is 1.92 bits per heavy atom. The number of ether oxygens (including phenoxy) is 3. The summed E-state index contributed by atoms with van der Waals surface area (Å²) in [5, 5.41) is 11.0. The Balaban J connectivity index is 2.53. The van der Waals surface area contributed by atoms with Gasteiger partial charge in [0.05, 0.1) is 0 Å². The molecule has 142 valence electrons. The number of esters is 2. The van der Waals surface area contributed by atoms with Gasteiger partial charge < -0.3 is 19.3 Å². The molecule has 2 N–H and O–H groups in total. The van der Waals surface area contributed by atoms with E-state index in [1.807, 2.05) is 4.98 Å². The van der Waals surface area contributed by atoms with E-state index in [9.17, 15) is 29.1 Å². The van der Waals surface area contributed by atoms with Crippen molar-refractivity contribution in [2.24, 2.45) is 0 Å². The maximum atomic E-state index is 12.2. The van der Waals surface area contributed by atoms with Crippen LogP contribution < -0.4 is 11.2 Å². The minimum atomic E-state index is -2.45. The van der Waals surface area contributed by atoms with E-state index in [-0.39, 0.29) is 0 Å². The van der Waals surface area contributed by atoms with Crippen LogP contribution in [0.3, 0.4) is 0 Å². The molecule has 0 radical (unpaired) electrons. The number of hydrogen-bond donors (Lipinski definition) is 2. The number of aromatic amines is 1.